The number of hydrogen-bond donors (Lipinski definition) is 1. The maximum absolute atomic E-state index is 12.8. The highest BCUT2D eigenvalue weighted by atomic mass is 32.1. The van der Waals surface area contributed by atoms with Crippen molar-refractivity contribution in [1.29, 1.82) is 0 Å². The Labute approximate surface area is 140 Å². The van der Waals surface area contributed by atoms with E-state index >= 15 is 0 Å². The monoisotopic (exact) mass is 359 g/mol. The maximum atomic E-state index is 12.8. The van der Waals surface area contributed by atoms with Gasteiger partial charge in [-0.05, 0) is 31.0 Å². The summed E-state index contributed by atoms with van der Waals surface area (Å²) in [5, 5.41) is 13.5. The number of aryl methyl sites for hydroxylation is 1. The fraction of sp³-hybridized carbons (Fsp3) is 0.467. The molecule has 9 heteroatoms. The number of carbonyl (C=O) groups excluding carboxylic acids is 1. The number of β-amino-alcohol motifs (C(OH)–C–C–N with tert-alkyl or cyclic N) is 1. The van der Waals surface area contributed by atoms with Gasteiger partial charge in [0.2, 0.25) is 0 Å². The van der Waals surface area contributed by atoms with Crippen LogP contribution < -0.4 is 0 Å². The van der Waals surface area contributed by atoms with Gasteiger partial charge in [-0.1, -0.05) is 0 Å². The van der Waals surface area contributed by atoms with Crippen LogP contribution in [0.15, 0.2) is 18.2 Å². The largest absolute Gasteiger partial charge is 0.433 e. The molecule has 1 amide bonds. The summed E-state index contributed by atoms with van der Waals surface area (Å²) < 4.78 is 39.3. The molecule has 1 unspecified atom stereocenters. The van der Waals surface area contributed by atoms with Crippen LogP contribution in [0, 0.1) is 0 Å². The summed E-state index contributed by atoms with van der Waals surface area (Å²) in [7, 11) is 1.24. The lowest BCUT2D eigenvalue weighted by Crippen LogP contribution is -2.41. The average molecular weight is 359 g/mol. The highest BCUT2D eigenvalue weighted by Crippen LogP contribution is 2.34. The van der Waals surface area contributed by atoms with Gasteiger partial charge in [0.05, 0.1) is 15.9 Å². The number of piperidine rings is 1. The average Bonchev–Trinajstić information content (AvgIpc) is 3.12. The van der Waals surface area contributed by atoms with Gasteiger partial charge >= 0.3 is 6.18 Å². The van der Waals surface area contributed by atoms with E-state index in [1.54, 1.807) is 17.0 Å². The van der Waals surface area contributed by atoms with Crippen LogP contribution >= 0.6 is 11.3 Å². The summed E-state index contributed by atoms with van der Waals surface area (Å²) in [5.74, 6) is -0.211. The number of aromatic nitrogens is 2. The lowest BCUT2D eigenvalue weighted by molar-refractivity contribution is -0.143. The predicted molar refractivity (Wildman–Crippen MR) is 82.7 cm³/mol. The Morgan fingerprint density at radius 2 is 2.17 bits per heavy atom. The summed E-state index contributed by atoms with van der Waals surface area (Å²) in [5.41, 5.74) is -0.648. The molecule has 3 rings (SSSR count). The summed E-state index contributed by atoms with van der Waals surface area (Å²) in [4.78, 5) is 14.9. The molecule has 0 aromatic carbocycles. The number of thiophene rings is 1. The molecule has 0 saturated carbocycles. The number of carbonyl (C=O) groups is 1. The van der Waals surface area contributed by atoms with Gasteiger partial charge in [-0.25, -0.2) is 0 Å². The third-order valence-corrected chi connectivity index (χ3v) is 5.02. The molecule has 1 fully saturated rings. The first-order chi connectivity index (χ1) is 11.3. The summed E-state index contributed by atoms with van der Waals surface area (Å²) in [6, 6.07) is 4.16. The highest BCUT2D eigenvalue weighted by Gasteiger charge is 2.35. The SMILES string of the molecule is Cn1nc(-c2ccc(C(=O)N3CCCC(O)C3)s2)cc1C(F)(F)F. The Morgan fingerprint density at radius 3 is 2.79 bits per heavy atom. The van der Waals surface area contributed by atoms with E-state index in [0.29, 0.717) is 22.7 Å². The number of amides is 1. The molecule has 1 N–H and O–H groups in total. The quantitative estimate of drug-likeness (QED) is 0.897. The number of halogens is 3. The van der Waals surface area contributed by atoms with Crippen LogP contribution in [-0.4, -0.2) is 44.9 Å². The van der Waals surface area contributed by atoms with Crippen molar-refractivity contribution in [3.63, 3.8) is 0 Å². The molecule has 0 aliphatic carbocycles. The molecule has 130 valence electrons. The zero-order valence-electron chi connectivity index (χ0n) is 12.9. The lowest BCUT2D eigenvalue weighted by atomic mass is 10.1. The van der Waals surface area contributed by atoms with E-state index in [9.17, 15) is 23.1 Å². The van der Waals surface area contributed by atoms with Gasteiger partial charge in [0.15, 0.2) is 0 Å². The van der Waals surface area contributed by atoms with Gasteiger partial charge in [0.25, 0.3) is 5.91 Å². The Morgan fingerprint density at radius 1 is 1.42 bits per heavy atom. The van der Waals surface area contributed by atoms with E-state index in [-0.39, 0.29) is 18.1 Å². The van der Waals surface area contributed by atoms with E-state index in [1.165, 1.54) is 7.05 Å². The molecule has 0 radical (unpaired) electrons. The fourth-order valence-corrected chi connectivity index (χ4v) is 3.67. The van der Waals surface area contributed by atoms with Crippen molar-refractivity contribution in [3.8, 4) is 10.6 Å². The predicted octanol–water partition coefficient (Wildman–Crippen LogP) is 2.76. The topological polar surface area (TPSA) is 58.4 Å². The molecule has 1 aliphatic heterocycles. The van der Waals surface area contributed by atoms with Gasteiger partial charge in [0.1, 0.15) is 11.4 Å². The Balaban J connectivity index is 1.82. The smallest absolute Gasteiger partial charge is 0.391 e. The second-order valence-electron chi connectivity index (χ2n) is 5.75. The molecular weight excluding hydrogens is 343 g/mol. The van der Waals surface area contributed by atoms with Crippen LogP contribution in [0.4, 0.5) is 13.2 Å². The van der Waals surface area contributed by atoms with Crippen molar-refractivity contribution in [2.45, 2.75) is 25.1 Å². The molecule has 1 aliphatic rings. The van der Waals surface area contributed by atoms with Crippen molar-refractivity contribution in [3.05, 3.63) is 28.8 Å². The van der Waals surface area contributed by atoms with E-state index in [0.717, 1.165) is 28.5 Å². The summed E-state index contributed by atoms with van der Waals surface area (Å²) in [6.45, 7) is 0.860. The van der Waals surface area contributed by atoms with Crippen molar-refractivity contribution >= 4 is 17.2 Å². The van der Waals surface area contributed by atoms with Crippen LogP contribution in [0.5, 0.6) is 0 Å². The first-order valence-electron chi connectivity index (χ1n) is 7.44. The summed E-state index contributed by atoms with van der Waals surface area (Å²) in [6.07, 6.45) is -3.58. The standard InChI is InChI=1S/C15H16F3N3O2S/c1-20-13(15(16,17)18)7-10(19-20)11-4-5-12(24-11)14(23)21-6-2-3-9(22)8-21/h4-5,7,9,22H,2-3,6,8H2,1H3. The van der Waals surface area contributed by atoms with Crippen molar-refractivity contribution in [2.75, 3.05) is 13.1 Å². The van der Waals surface area contributed by atoms with Gasteiger partial charge in [-0.3, -0.25) is 9.48 Å². The fourth-order valence-electron chi connectivity index (χ4n) is 2.74. The molecule has 2 aromatic rings. The number of hydrogen-bond acceptors (Lipinski definition) is 4. The second-order valence-corrected chi connectivity index (χ2v) is 6.83. The van der Waals surface area contributed by atoms with Crippen LogP contribution in [-0.2, 0) is 13.2 Å². The molecule has 0 bridgehead atoms. The van der Waals surface area contributed by atoms with E-state index in [2.05, 4.69) is 5.10 Å². The Hall–Kier alpha value is -1.87. The van der Waals surface area contributed by atoms with Crippen LogP contribution in [0.1, 0.15) is 28.2 Å². The van der Waals surface area contributed by atoms with Crippen molar-refractivity contribution in [1.82, 2.24) is 14.7 Å². The normalized spacial score (nSPS) is 18.9. The third-order valence-electron chi connectivity index (χ3n) is 3.92. The first kappa shape index (κ1) is 17.0. The molecular formula is C15H16F3N3O2S. The van der Waals surface area contributed by atoms with Gasteiger partial charge in [-0.2, -0.15) is 18.3 Å². The lowest BCUT2D eigenvalue weighted by Gasteiger charge is -2.29. The van der Waals surface area contributed by atoms with Crippen LogP contribution in [0.25, 0.3) is 10.6 Å². The van der Waals surface area contributed by atoms with Gasteiger partial charge < -0.3 is 10.0 Å². The Kier molecular flexibility index (Phi) is 4.39. The van der Waals surface area contributed by atoms with Gasteiger partial charge in [0, 0.05) is 20.1 Å². The molecule has 5 nitrogen and oxygen atoms in total. The van der Waals surface area contributed by atoms with Crippen LogP contribution in [0.3, 0.4) is 0 Å². The summed E-state index contributed by atoms with van der Waals surface area (Å²) >= 11 is 1.11. The van der Waals surface area contributed by atoms with E-state index in [4.69, 9.17) is 0 Å². The maximum Gasteiger partial charge on any atom is 0.433 e. The van der Waals surface area contributed by atoms with E-state index < -0.39 is 18.0 Å². The number of aliphatic hydroxyl groups excluding tert-OH is 1. The number of rotatable bonds is 2. The molecule has 0 spiro atoms. The van der Waals surface area contributed by atoms with Crippen molar-refractivity contribution in [2.24, 2.45) is 7.05 Å². The van der Waals surface area contributed by atoms with E-state index in [1.807, 2.05) is 0 Å². The minimum absolute atomic E-state index is 0.188. The Bertz CT molecular complexity index is 753. The molecule has 1 atom stereocenters. The number of likely N-dealkylation sites (tertiary alicyclic amines) is 1. The third kappa shape index (κ3) is 3.32. The second kappa shape index (κ2) is 6.21. The number of alkyl halides is 3. The number of nitrogens with zero attached hydrogens (tertiary/aromatic N) is 3. The highest BCUT2D eigenvalue weighted by molar-refractivity contribution is 7.17. The van der Waals surface area contributed by atoms with Crippen molar-refractivity contribution < 1.29 is 23.1 Å². The van der Waals surface area contributed by atoms with Crippen LogP contribution in [0.2, 0.25) is 0 Å². The molecule has 1 saturated heterocycles. The number of aliphatic hydroxyl groups is 1. The molecule has 2 aromatic heterocycles. The van der Waals surface area contributed by atoms with Gasteiger partial charge in [-0.15, -0.1) is 11.3 Å². The minimum atomic E-state index is -4.47. The molecule has 3 heterocycles. The molecule has 24 heavy (non-hydrogen) atoms. The zero-order chi connectivity index (χ0) is 17.5. The zero-order valence-corrected chi connectivity index (χ0v) is 13.7. The minimum Gasteiger partial charge on any atom is -0.391 e. The first-order valence-corrected chi connectivity index (χ1v) is 8.26.